The molecule has 1 aliphatic rings. The fourth-order valence-corrected chi connectivity index (χ4v) is 4.37. The summed E-state index contributed by atoms with van der Waals surface area (Å²) in [5, 5.41) is 0. The molecule has 0 aromatic heterocycles. The molecule has 0 atom stereocenters. The van der Waals surface area contributed by atoms with Crippen LogP contribution in [-0.2, 0) is 12.8 Å². The van der Waals surface area contributed by atoms with Crippen LogP contribution in [0, 0.1) is 0 Å². The molecule has 0 heteroatoms. The van der Waals surface area contributed by atoms with Crippen molar-refractivity contribution in [2.45, 2.75) is 46.0 Å². The van der Waals surface area contributed by atoms with Crippen molar-refractivity contribution in [2.24, 2.45) is 0 Å². The van der Waals surface area contributed by atoms with Gasteiger partial charge in [0.15, 0.2) is 0 Å². The highest BCUT2D eigenvalue weighted by atomic mass is 14.2. The molecular formula is C27H28. The molecule has 0 radical (unpaired) electrons. The van der Waals surface area contributed by atoms with Crippen LogP contribution < -0.4 is 0 Å². The molecule has 0 heterocycles. The van der Waals surface area contributed by atoms with E-state index in [-0.39, 0.29) is 0 Å². The van der Waals surface area contributed by atoms with Gasteiger partial charge < -0.3 is 0 Å². The summed E-state index contributed by atoms with van der Waals surface area (Å²) in [5.41, 5.74) is 11.5. The average Bonchev–Trinajstić information content (AvgIpc) is 3.12. The Bertz CT molecular complexity index is 961. The minimum absolute atomic E-state index is 1.12. The summed E-state index contributed by atoms with van der Waals surface area (Å²) in [7, 11) is 0. The topological polar surface area (TPSA) is 0 Å². The van der Waals surface area contributed by atoms with Crippen molar-refractivity contribution in [2.75, 3.05) is 0 Å². The van der Waals surface area contributed by atoms with Gasteiger partial charge in [-0.25, -0.2) is 0 Å². The van der Waals surface area contributed by atoms with Crippen molar-refractivity contribution in [1.29, 1.82) is 0 Å². The molecule has 0 saturated heterocycles. The molecule has 27 heavy (non-hydrogen) atoms. The highest BCUT2D eigenvalue weighted by Crippen LogP contribution is 2.41. The van der Waals surface area contributed by atoms with Gasteiger partial charge in [-0.1, -0.05) is 105 Å². The second kappa shape index (κ2) is 7.96. The largest absolute Gasteiger partial charge is 0.0652 e. The molecule has 0 aliphatic heterocycles. The molecule has 0 N–H and O–H groups in total. The highest BCUT2D eigenvalue weighted by Gasteiger charge is 2.21. The zero-order valence-corrected chi connectivity index (χ0v) is 16.5. The van der Waals surface area contributed by atoms with Gasteiger partial charge in [0.05, 0.1) is 0 Å². The molecule has 0 fully saturated rings. The molecule has 0 spiro atoms. The van der Waals surface area contributed by atoms with Gasteiger partial charge in [0.2, 0.25) is 0 Å². The monoisotopic (exact) mass is 352 g/mol. The quantitative estimate of drug-likeness (QED) is 0.426. The van der Waals surface area contributed by atoms with Gasteiger partial charge in [-0.2, -0.15) is 0 Å². The van der Waals surface area contributed by atoms with E-state index in [2.05, 4.69) is 86.7 Å². The summed E-state index contributed by atoms with van der Waals surface area (Å²) in [6, 6.07) is 24.5. The van der Waals surface area contributed by atoms with Crippen LogP contribution in [0.15, 0.2) is 72.3 Å². The van der Waals surface area contributed by atoms with E-state index in [1.807, 2.05) is 0 Å². The Morgan fingerprint density at radius 2 is 1.41 bits per heavy atom. The van der Waals surface area contributed by atoms with Crippen LogP contribution in [0.1, 0.15) is 49.8 Å². The summed E-state index contributed by atoms with van der Waals surface area (Å²) in [6.07, 6.45) is 8.33. The summed E-state index contributed by atoms with van der Waals surface area (Å²) in [5.74, 6) is 0. The number of hydrogen-bond donors (Lipinski definition) is 0. The minimum Gasteiger partial charge on any atom is -0.0652 e. The van der Waals surface area contributed by atoms with Gasteiger partial charge in [0, 0.05) is 0 Å². The van der Waals surface area contributed by atoms with Gasteiger partial charge in [-0.15, -0.1) is 0 Å². The smallest absolute Gasteiger partial charge is 0.00576 e. The van der Waals surface area contributed by atoms with Crippen LogP contribution in [-0.4, -0.2) is 0 Å². The molecule has 136 valence electrons. The van der Waals surface area contributed by atoms with Crippen LogP contribution >= 0.6 is 0 Å². The van der Waals surface area contributed by atoms with E-state index in [4.69, 9.17) is 0 Å². The Morgan fingerprint density at radius 1 is 0.704 bits per heavy atom. The second-order valence-corrected chi connectivity index (χ2v) is 7.56. The maximum Gasteiger partial charge on any atom is -0.00576 e. The van der Waals surface area contributed by atoms with E-state index in [0.29, 0.717) is 0 Å². The minimum atomic E-state index is 1.12. The fourth-order valence-electron chi connectivity index (χ4n) is 4.37. The summed E-state index contributed by atoms with van der Waals surface area (Å²) in [6.45, 7) is 4.55. The third kappa shape index (κ3) is 3.49. The molecule has 4 rings (SSSR count). The Morgan fingerprint density at radius 3 is 2.15 bits per heavy atom. The van der Waals surface area contributed by atoms with E-state index in [1.54, 1.807) is 5.57 Å². The Labute approximate surface area is 163 Å². The molecular weight excluding hydrogens is 324 g/mol. The van der Waals surface area contributed by atoms with Crippen molar-refractivity contribution in [3.05, 3.63) is 89.0 Å². The summed E-state index contributed by atoms with van der Waals surface area (Å²) >= 11 is 0. The molecule has 0 nitrogen and oxygen atoms in total. The molecule has 3 aromatic carbocycles. The van der Waals surface area contributed by atoms with Gasteiger partial charge in [-0.05, 0) is 58.2 Å². The van der Waals surface area contributed by atoms with E-state index >= 15 is 0 Å². The third-order valence-electron chi connectivity index (χ3n) is 5.56. The number of fused-ring (bicyclic) bond motifs is 1. The lowest BCUT2D eigenvalue weighted by Crippen LogP contribution is -1.97. The van der Waals surface area contributed by atoms with Crippen molar-refractivity contribution in [1.82, 2.24) is 0 Å². The van der Waals surface area contributed by atoms with Crippen molar-refractivity contribution in [3.8, 4) is 22.3 Å². The van der Waals surface area contributed by atoms with Crippen LogP contribution in [0.2, 0.25) is 0 Å². The van der Waals surface area contributed by atoms with Crippen LogP contribution in [0.4, 0.5) is 0 Å². The zero-order chi connectivity index (χ0) is 18.6. The average molecular weight is 353 g/mol. The molecule has 0 bridgehead atoms. The maximum absolute atomic E-state index is 2.48. The van der Waals surface area contributed by atoms with Crippen LogP contribution in [0.3, 0.4) is 0 Å². The number of allylic oxidation sites excluding steroid dienone is 1. The molecule has 3 aromatic rings. The first-order valence-corrected chi connectivity index (χ1v) is 10.3. The summed E-state index contributed by atoms with van der Waals surface area (Å²) in [4.78, 5) is 0. The van der Waals surface area contributed by atoms with Crippen LogP contribution in [0.25, 0.3) is 28.3 Å². The zero-order valence-electron chi connectivity index (χ0n) is 16.5. The third-order valence-corrected chi connectivity index (χ3v) is 5.56. The Hall–Kier alpha value is -2.60. The van der Waals surface area contributed by atoms with Crippen molar-refractivity contribution < 1.29 is 0 Å². The van der Waals surface area contributed by atoms with Crippen molar-refractivity contribution in [3.63, 3.8) is 0 Å². The summed E-state index contributed by atoms with van der Waals surface area (Å²) < 4.78 is 0. The maximum atomic E-state index is 2.48. The first kappa shape index (κ1) is 17.8. The first-order valence-electron chi connectivity index (χ1n) is 10.3. The fraction of sp³-hybridized carbons (Fsp3) is 0.259. The van der Waals surface area contributed by atoms with E-state index in [1.165, 1.54) is 58.2 Å². The number of hydrogen-bond acceptors (Lipinski definition) is 0. The van der Waals surface area contributed by atoms with Gasteiger partial charge in [0.25, 0.3) is 0 Å². The molecule has 0 amide bonds. The number of rotatable bonds is 6. The van der Waals surface area contributed by atoms with E-state index < -0.39 is 0 Å². The lowest BCUT2D eigenvalue weighted by molar-refractivity contribution is 0.885. The lowest BCUT2D eigenvalue weighted by atomic mass is 9.86. The predicted molar refractivity (Wildman–Crippen MR) is 118 cm³/mol. The van der Waals surface area contributed by atoms with Gasteiger partial charge in [-0.3, -0.25) is 0 Å². The standard InChI is InChI=1S/C27H28/c1-3-10-20-18-23-17-16-22(11-4-2)27(26(23)19-20)25-15-9-8-14-24(25)21-12-6-5-7-13-21/h5-9,12-17,19H,3-4,10-11,18H2,1-2H3. The lowest BCUT2D eigenvalue weighted by Gasteiger charge is -2.18. The SMILES string of the molecule is CCCC1=Cc2c(ccc(CCC)c2-c2ccccc2-c2ccccc2)C1. The first-order chi connectivity index (χ1) is 13.3. The highest BCUT2D eigenvalue weighted by molar-refractivity contribution is 5.91. The Balaban J connectivity index is 1.94. The van der Waals surface area contributed by atoms with Crippen LogP contribution in [0.5, 0.6) is 0 Å². The van der Waals surface area contributed by atoms with Crippen molar-refractivity contribution >= 4 is 6.08 Å². The second-order valence-electron chi connectivity index (χ2n) is 7.56. The molecule has 0 saturated carbocycles. The Kier molecular flexibility index (Phi) is 5.25. The van der Waals surface area contributed by atoms with Gasteiger partial charge >= 0.3 is 0 Å². The molecule has 1 aliphatic carbocycles. The number of benzene rings is 3. The van der Waals surface area contributed by atoms with E-state index in [0.717, 1.165) is 12.8 Å². The number of aryl methyl sites for hydroxylation is 1. The van der Waals surface area contributed by atoms with E-state index in [9.17, 15) is 0 Å². The molecule has 0 unspecified atom stereocenters. The van der Waals surface area contributed by atoms with Gasteiger partial charge in [0.1, 0.15) is 0 Å². The predicted octanol–water partition coefficient (Wildman–Crippen LogP) is 7.71. The normalized spacial score (nSPS) is 12.7.